The molecule has 1 aromatic carbocycles. The number of hydrogen-bond donors (Lipinski definition) is 2. The van der Waals surface area contributed by atoms with Gasteiger partial charge in [-0.15, -0.1) is 0 Å². The molecule has 2 heterocycles. The molecule has 134 valence electrons. The van der Waals surface area contributed by atoms with Crippen LogP contribution in [0.4, 0.5) is 0 Å². The minimum Gasteiger partial charge on any atom is -0.390 e. The van der Waals surface area contributed by atoms with Gasteiger partial charge in [-0.1, -0.05) is 24.3 Å². The van der Waals surface area contributed by atoms with Gasteiger partial charge in [0.25, 0.3) is 0 Å². The highest BCUT2D eigenvalue weighted by molar-refractivity contribution is 5.62. The molecular weight excluding hydrogens is 314 g/mol. The number of ether oxygens (including phenoxy) is 1. The van der Waals surface area contributed by atoms with Crippen LogP contribution in [0.15, 0.2) is 48.8 Å². The number of benzene rings is 1. The summed E-state index contributed by atoms with van der Waals surface area (Å²) in [5.41, 5.74) is 3.57. The summed E-state index contributed by atoms with van der Waals surface area (Å²) in [6.07, 6.45) is 3.25. The number of pyridine rings is 1. The molecule has 5 heteroatoms. The first-order valence-electron chi connectivity index (χ1n) is 8.94. The van der Waals surface area contributed by atoms with Crippen LogP contribution in [0.25, 0.3) is 11.1 Å². The van der Waals surface area contributed by atoms with E-state index in [2.05, 4.69) is 46.4 Å². The summed E-state index contributed by atoms with van der Waals surface area (Å²) in [6.45, 7) is 6.75. The molecule has 2 aromatic rings. The maximum atomic E-state index is 10.2. The maximum absolute atomic E-state index is 10.2. The molecule has 0 saturated carbocycles. The SMILES string of the molecule is CC(NCC(O)CN1CCOCC1)c1ccc(-c2ccncc2)cc1. The van der Waals surface area contributed by atoms with Crippen molar-refractivity contribution in [1.82, 2.24) is 15.2 Å². The first kappa shape index (κ1) is 18.0. The molecule has 25 heavy (non-hydrogen) atoms. The van der Waals surface area contributed by atoms with Crippen molar-refractivity contribution in [1.29, 1.82) is 0 Å². The van der Waals surface area contributed by atoms with Crippen LogP contribution in [0, 0.1) is 0 Å². The average molecular weight is 341 g/mol. The lowest BCUT2D eigenvalue weighted by Gasteiger charge is -2.29. The van der Waals surface area contributed by atoms with E-state index >= 15 is 0 Å². The monoisotopic (exact) mass is 341 g/mol. The fraction of sp³-hybridized carbons (Fsp3) is 0.450. The molecule has 1 aliphatic heterocycles. The van der Waals surface area contributed by atoms with Crippen LogP contribution in [-0.2, 0) is 4.74 Å². The van der Waals surface area contributed by atoms with Gasteiger partial charge in [0.2, 0.25) is 0 Å². The van der Waals surface area contributed by atoms with Gasteiger partial charge in [-0.2, -0.15) is 0 Å². The van der Waals surface area contributed by atoms with Crippen molar-refractivity contribution < 1.29 is 9.84 Å². The second-order valence-electron chi connectivity index (χ2n) is 6.55. The zero-order valence-corrected chi connectivity index (χ0v) is 14.8. The van der Waals surface area contributed by atoms with E-state index in [4.69, 9.17) is 4.74 Å². The van der Waals surface area contributed by atoms with Gasteiger partial charge in [0, 0.05) is 44.6 Å². The predicted molar refractivity (Wildman–Crippen MR) is 99.4 cm³/mol. The van der Waals surface area contributed by atoms with Crippen molar-refractivity contribution in [3.8, 4) is 11.1 Å². The largest absolute Gasteiger partial charge is 0.390 e. The van der Waals surface area contributed by atoms with Gasteiger partial charge in [0.1, 0.15) is 0 Å². The predicted octanol–water partition coefficient (Wildman–Crippen LogP) is 2.09. The van der Waals surface area contributed by atoms with Crippen LogP contribution in [0.1, 0.15) is 18.5 Å². The zero-order valence-electron chi connectivity index (χ0n) is 14.8. The summed E-state index contributed by atoms with van der Waals surface area (Å²) in [7, 11) is 0. The standard InChI is InChI=1S/C20H27N3O2/c1-16(22-14-20(24)15-23-10-12-25-13-11-23)17-2-4-18(5-3-17)19-6-8-21-9-7-19/h2-9,16,20,22,24H,10-15H2,1H3. The number of β-amino-alcohol motifs (C(OH)–C–C–N with tert-alkyl or cyclic N) is 1. The van der Waals surface area contributed by atoms with Crippen LogP contribution in [0.3, 0.4) is 0 Å². The summed E-state index contributed by atoms with van der Waals surface area (Å²) < 4.78 is 5.34. The Morgan fingerprint density at radius 3 is 2.40 bits per heavy atom. The van der Waals surface area contributed by atoms with Crippen molar-refractivity contribution in [2.75, 3.05) is 39.4 Å². The third-order valence-electron chi connectivity index (χ3n) is 4.66. The summed E-state index contributed by atoms with van der Waals surface area (Å²) in [5.74, 6) is 0. The number of aliphatic hydroxyl groups is 1. The van der Waals surface area contributed by atoms with E-state index in [1.54, 1.807) is 0 Å². The maximum Gasteiger partial charge on any atom is 0.0791 e. The fourth-order valence-electron chi connectivity index (χ4n) is 3.09. The lowest BCUT2D eigenvalue weighted by Crippen LogP contribution is -2.44. The Morgan fingerprint density at radius 1 is 1.08 bits per heavy atom. The summed E-state index contributed by atoms with van der Waals surface area (Å²) in [5, 5.41) is 13.7. The second-order valence-corrected chi connectivity index (χ2v) is 6.55. The number of nitrogens with zero attached hydrogens (tertiary/aromatic N) is 2. The molecule has 0 spiro atoms. The molecule has 0 aliphatic carbocycles. The number of rotatable bonds is 7. The first-order chi connectivity index (χ1) is 12.2. The highest BCUT2D eigenvalue weighted by Crippen LogP contribution is 2.21. The van der Waals surface area contributed by atoms with Gasteiger partial charge in [-0.25, -0.2) is 0 Å². The van der Waals surface area contributed by atoms with E-state index < -0.39 is 0 Å². The smallest absolute Gasteiger partial charge is 0.0791 e. The topological polar surface area (TPSA) is 57.6 Å². The molecule has 3 rings (SSSR count). The van der Waals surface area contributed by atoms with Crippen molar-refractivity contribution in [2.45, 2.75) is 19.1 Å². The molecule has 0 radical (unpaired) electrons. The number of nitrogens with one attached hydrogen (secondary N) is 1. The zero-order chi connectivity index (χ0) is 17.5. The van der Waals surface area contributed by atoms with Crippen molar-refractivity contribution in [3.63, 3.8) is 0 Å². The molecule has 2 atom stereocenters. The number of morpholine rings is 1. The van der Waals surface area contributed by atoms with E-state index in [0.717, 1.165) is 26.3 Å². The Balaban J connectivity index is 1.48. The Labute approximate surface area is 149 Å². The normalized spacial score (nSPS) is 18.0. The molecule has 1 aromatic heterocycles. The molecular formula is C20H27N3O2. The van der Waals surface area contributed by atoms with E-state index in [9.17, 15) is 5.11 Å². The Morgan fingerprint density at radius 2 is 1.72 bits per heavy atom. The Hall–Kier alpha value is -1.79. The summed E-state index contributed by atoms with van der Waals surface area (Å²) >= 11 is 0. The van der Waals surface area contributed by atoms with Crippen LogP contribution in [-0.4, -0.2) is 60.5 Å². The highest BCUT2D eigenvalue weighted by atomic mass is 16.5. The van der Waals surface area contributed by atoms with Crippen molar-refractivity contribution in [3.05, 3.63) is 54.4 Å². The van der Waals surface area contributed by atoms with Gasteiger partial charge in [0.05, 0.1) is 19.3 Å². The van der Waals surface area contributed by atoms with Gasteiger partial charge in [0.15, 0.2) is 0 Å². The number of hydrogen-bond acceptors (Lipinski definition) is 5. The quantitative estimate of drug-likeness (QED) is 0.808. The van der Waals surface area contributed by atoms with E-state index in [1.165, 1.54) is 16.7 Å². The first-order valence-corrected chi connectivity index (χ1v) is 8.94. The van der Waals surface area contributed by atoms with E-state index in [-0.39, 0.29) is 12.1 Å². The van der Waals surface area contributed by atoms with E-state index in [1.807, 2.05) is 24.5 Å². The minimum atomic E-state index is -0.364. The molecule has 1 fully saturated rings. The summed E-state index contributed by atoms with van der Waals surface area (Å²) in [4.78, 5) is 6.31. The second kappa shape index (κ2) is 9.06. The summed E-state index contributed by atoms with van der Waals surface area (Å²) in [6, 6.07) is 12.8. The van der Waals surface area contributed by atoms with Crippen LogP contribution in [0.2, 0.25) is 0 Å². The molecule has 0 amide bonds. The Bertz CT molecular complexity index is 627. The molecule has 5 nitrogen and oxygen atoms in total. The third-order valence-corrected chi connectivity index (χ3v) is 4.66. The number of aliphatic hydroxyl groups excluding tert-OH is 1. The lowest BCUT2D eigenvalue weighted by atomic mass is 10.0. The Kier molecular flexibility index (Phi) is 6.53. The van der Waals surface area contributed by atoms with Crippen LogP contribution in [0.5, 0.6) is 0 Å². The van der Waals surface area contributed by atoms with Gasteiger partial charge < -0.3 is 15.2 Å². The van der Waals surface area contributed by atoms with Crippen molar-refractivity contribution in [2.24, 2.45) is 0 Å². The molecule has 0 bridgehead atoms. The molecule has 2 N–H and O–H groups in total. The lowest BCUT2D eigenvalue weighted by molar-refractivity contribution is 0.0145. The fourth-order valence-corrected chi connectivity index (χ4v) is 3.09. The highest BCUT2D eigenvalue weighted by Gasteiger charge is 2.15. The third kappa shape index (κ3) is 5.34. The molecule has 1 aliphatic rings. The van der Waals surface area contributed by atoms with Crippen LogP contribution >= 0.6 is 0 Å². The van der Waals surface area contributed by atoms with Gasteiger partial charge in [-0.05, 0) is 35.7 Å². The molecule has 1 saturated heterocycles. The van der Waals surface area contributed by atoms with Crippen molar-refractivity contribution >= 4 is 0 Å². The van der Waals surface area contributed by atoms with E-state index in [0.29, 0.717) is 13.1 Å². The van der Waals surface area contributed by atoms with Gasteiger partial charge in [-0.3, -0.25) is 9.88 Å². The molecule has 2 unspecified atom stereocenters. The number of aromatic nitrogens is 1. The van der Waals surface area contributed by atoms with Gasteiger partial charge >= 0.3 is 0 Å². The van der Waals surface area contributed by atoms with Crippen LogP contribution < -0.4 is 5.32 Å². The minimum absolute atomic E-state index is 0.200. The average Bonchev–Trinajstić information content (AvgIpc) is 2.68.